The zero-order valence-electron chi connectivity index (χ0n) is 13.5. The Kier molecular flexibility index (Phi) is 5.49. The Morgan fingerprint density at radius 1 is 1.17 bits per heavy atom. The summed E-state index contributed by atoms with van der Waals surface area (Å²) in [5.74, 6) is 1.36. The van der Waals surface area contributed by atoms with E-state index in [9.17, 15) is 9.18 Å². The van der Waals surface area contributed by atoms with Crippen molar-refractivity contribution in [2.75, 3.05) is 26.2 Å². The predicted molar refractivity (Wildman–Crippen MR) is 86.8 cm³/mol. The average molecular weight is 320 g/mol. The van der Waals surface area contributed by atoms with E-state index in [1.54, 1.807) is 12.1 Å². The molecule has 2 aliphatic rings. The largest absolute Gasteiger partial charge is 0.493 e. The standard InChI is InChI=1S/C18H25FN2O2/c19-15-3-5-17(6-4-15)23-12-9-18(22)21-10-7-16(8-11-21)20-13-14-1-2-14/h3-6,14,16,20H,1-2,7-13H2. The average Bonchev–Trinajstić information content (AvgIpc) is 3.39. The minimum absolute atomic E-state index is 0.146. The summed E-state index contributed by atoms with van der Waals surface area (Å²) < 4.78 is 18.3. The molecular formula is C18H25FN2O2. The van der Waals surface area contributed by atoms with Gasteiger partial charge >= 0.3 is 0 Å². The molecular weight excluding hydrogens is 295 g/mol. The van der Waals surface area contributed by atoms with Gasteiger partial charge in [0.2, 0.25) is 5.91 Å². The second-order valence-corrected chi connectivity index (χ2v) is 6.56. The highest BCUT2D eigenvalue weighted by Crippen LogP contribution is 2.28. The van der Waals surface area contributed by atoms with Crippen molar-refractivity contribution in [2.45, 2.75) is 38.1 Å². The van der Waals surface area contributed by atoms with Crippen molar-refractivity contribution in [2.24, 2.45) is 5.92 Å². The van der Waals surface area contributed by atoms with Crippen LogP contribution in [0, 0.1) is 11.7 Å². The van der Waals surface area contributed by atoms with Gasteiger partial charge in [0.05, 0.1) is 13.0 Å². The van der Waals surface area contributed by atoms with Gasteiger partial charge in [-0.15, -0.1) is 0 Å². The summed E-state index contributed by atoms with van der Waals surface area (Å²) in [4.78, 5) is 14.1. The van der Waals surface area contributed by atoms with Crippen molar-refractivity contribution in [1.82, 2.24) is 10.2 Å². The first-order valence-corrected chi connectivity index (χ1v) is 8.60. The first-order chi connectivity index (χ1) is 11.2. The molecule has 0 aromatic heterocycles. The number of hydrogen-bond donors (Lipinski definition) is 1. The summed E-state index contributed by atoms with van der Waals surface area (Å²) in [5, 5.41) is 3.62. The highest BCUT2D eigenvalue weighted by molar-refractivity contribution is 5.76. The van der Waals surface area contributed by atoms with E-state index >= 15 is 0 Å². The lowest BCUT2D eigenvalue weighted by Crippen LogP contribution is -2.45. The van der Waals surface area contributed by atoms with Crippen molar-refractivity contribution in [3.05, 3.63) is 30.1 Å². The first kappa shape index (κ1) is 16.2. The molecule has 0 unspecified atom stereocenters. The molecule has 4 nitrogen and oxygen atoms in total. The molecule has 23 heavy (non-hydrogen) atoms. The Bertz CT molecular complexity index is 508. The summed E-state index contributed by atoms with van der Waals surface area (Å²) in [5.41, 5.74) is 0. The molecule has 1 heterocycles. The lowest BCUT2D eigenvalue weighted by molar-refractivity contribution is -0.132. The summed E-state index contributed by atoms with van der Waals surface area (Å²) >= 11 is 0. The molecule has 1 saturated carbocycles. The van der Waals surface area contributed by atoms with E-state index in [0.717, 1.165) is 38.4 Å². The number of ether oxygens (including phenoxy) is 1. The van der Waals surface area contributed by atoms with Crippen LogP contribution in [0.2, 0.25) is 0 Å². The van der Waals surface area contributed by atoms with E-state index in [1.165, 1.54) is 25.0 Å². The van der Waals surface area contributed by atoms with Gasteiger partial charge in [-0.3, -0.25) is 4.79 Å². The van der Waals surface area contributed by atoms with Crippen LogP contribution in [0.4, 0.5) is 4.39 Å². The minimum atomic E-state index is -0.286. The second kappa shape index (κ2) is 7.77. The number of amides is 1. The lowest BCUT2D eigenvalue weighted by atomic mass is 10.0. The van der Waals surface area contributed by atoms with E-state index in [-0.39, 0.29) is 11.7 Å². The normalized spacial score (nSPS) is 18.9. The van der Waals surface area contributed by atoms with Gasteiger partial charge in [0.25, 0.3) is 0 Å². The Hall–Kier alpha value is -1.62. The highest BCUT2D eigenvalue weighted by Gasteiger charge is 2.25. The molecule has 1 aromatic rings. The fourth-order valence-electron chi connectivity index (χ4n) is 2.93. The number of halogens is 1. The van der Waals surface area contributed by atoms with Crippen LogP contribution in [0.5, 0.6) is 5.75 Å². The van der Waals surface area contributed by atoms with E-state index in [0.29, 0.717) is 24.8 Å². The van der Waals surface area contributed by atoms with E-state index in [1.807, 2.05) is 4.90 Å². The molecule has 1 aliphatic heterocycles. The van der Waals surface area contributed by atoms with Crippen LogP contribution in [-0.4, -0.2) is 43.1 Å². The summed E-state index contributed by atoms with van der Waals surface area (Å²) in [7, 11) is 0. The Balaban J connectivity index is 1.31. The van der Waals surface area contributed by atoms with Crippen molar-refractivity contribution in [1.29, 1.82) is 0 Å². The third-order valence-electron chi connectivity index (χ3n) is 4.64. The van der Waals surface area contributed by atoms with E-state index < -0.39 is 0 Å². The third kappa shape index (κ3) is 5.20. The summed E-state index contributed by atoms with van der Waals surface area (Å²) in [6.07, 6.45) is 5.20. The van der Waals surface area contributed by atoms with E-state index in [4.69, 9.17) is 4.74 Å². The number of carbonyl (C=O) groups excluding carboxylic acids is 1. The lowest BCUT2D eigenvalue weighted by Gasteiger charge is -2.32. The number of hydrogen-bond acceptors (Lipinski definition) is 3. The molecule has 5 heteroatoms. The van der Waals surface area contributed by atoms with Crippen molar-refractivity contribution >= 4 is 5.91 Å². The molecule has 1 N–H and O–H groups in total. The van der Waals surface area contributed by atoms with Crippen LogP contribution in [-0.2, 0) is 4.79 Å². The molecule has 1 aliphatic carbocycles. The molecule has 0 spiro atoms. The smallest absolute Gasteiger partial charge is 0.225 e. The quantitative estimate of drug-likeness (QED) is 0.839. The van der Waals surface area contributed by atoms with Crippen LogP contribution in [0.1, 0.15) is 32.1 Å². The Labute approximate surface area is 137 Å². The number of piperidine rings is 1. The van der Waals surface area contributed by atoms with Gasteiger partial charge in [0, 0.05) is 19.1 Å². The maximum Gasteiger partial charge on any atom is 0.225 e. The van der Waals surface area contributed by atoms with Gasteiger partial charge in [-0.2, -0.15) is 0 Å². The monoisotopic (exact) mass is 320 g/mol. The fourth-order valence-corrected chi connectivity index (χ4v) is 2.93. The van der Waals surface area contributed by atoms with Crippen molar-refractivity contribution in [3.8, 4) is 5.75 Å². The number of nitrogens with zero attached hydrogens (tertiary/aromatic N) is 1. The Morgan fingerprint density at radius 2 is 1.87 bits per heavy atom. The molecule has 0 radical (unpaired) electrons. The molecule has 2 fully saturated rings. The summed E-state index contributed by atoms with van der Waals surface area (Å²) in [6.45, 7) is 3.14. The SMILES string of the molecule is O=C(CCOc1ccc(F)cc1)N1CCC(NCC2CC2)CC1. The van der Waals surface area contributed by atoms with Gasteiger partial charge < -0.3 is 15.0 Å². The van der Waals surface area contributed by atoms with Crippen LogP contribution < -0.4 is 10.1 Å². The maximum atomic E-state index is 12.8. The van der Waals surface area contributed by atoms with Gasteiger partial charge in [-0.25, -0.2) is 4.39 Å². The Morgan fingerprint density at radius 3 is 2.52 bits per heavy atom. The number of benzene rings is 1. The zero-order valence-corrected chi connectivity index (χ0v) is 13.5. The van der Waals surface area contributed by atoms with Crippen molar-refractivity contribution in [3.63, 3.8) is 0 Å². The van der Waals surface area contributed by atoms with Gasteiger partial charge in [0.1, 0.15) is 11.6 Å². The van der Waals surface area contributed by atoms with Gasteiger partial charge in [0.15, 0.2) is 0 Å². The van der Waals surface area contributed by atoms with Crippen molar-refractivity contribution < 1.29 is 13.9 Å². The van der Waals surface area contributed by atoms with Crippen LogP contribution in [0.3, 0.4) is 0 Å². The molecule has 1 aromatic carbocycles. The number of likely N-dealkylation sites (tertiary alicyclic amines) is 1. The molecule has 0 bridgehead atoms. The number of carbonyl (C=O) groups is 1. The van der Waals surface area contributed by atoms with E-state index in [2.05, 4.69) is 5.32 Å². The first-order valence-electron chi connectivity index (χ1n) is 8.60. The second-order valence-electron chi connectivity index (χ2n) is 6.56. The number of nitrogens with one attached hydrogen (secondary N) is 1. The minimum Gasteiger partial charge on any atom is -0.493 e. The number of rotatable bonds is 7. The molecule has 1 amide bonds. The fraction of sp³-hybridized carbons (Fsp3) is 0.611. The highest BCUT2D eigenvalue weighted by atomic mass is 19.1. The molecule has 126 valence electrons. The van der Waals surface area contributed by atoms with Gasteiger partial charge in [-0.1, -0.05) is 0 Å². The topological polar surface area (TPSA) is 41.6 Å². The predicted octanol–water partition coefficient (Wildman–Crippen LogP) is 2.59. The maximum absolute atomic E-state index is 12.8. The van der Waals surface area contributed by atoms with Crippen LogP contribution in [0.25, 0.3) is 0 Å². The molecule has 0 atom stereocenters. The third-order valence-corrected chi connectivity index (χ3v) is 4.64. The zero-order chi connectivity index (χ0) is 16.1. The molecule has 1 saturated heterocycles. The summed E-state index contributed by atoms with van der Waals surface area (Å²) in [6, 6.07) is 6.44. The van der Waals surface area contributed by atoms with Gasteiger partial charge in [-0.05, 0) is 62.4 Å². The van der Waals surface area contributed by atoms with Crippen LogP contribution in [0.15, 0.2) is 24.3 Å². The molecule has 3 rings (SSSR count). The van der Waals surface area contributed by atoms with Crippen LogP contribution >= 0.6 is 0 Å².